The zero-order valence-corrected chi connectivity index (χ0v) is 17.1. The molecule has 0 spiro atoms. The predicted molar refractivity (Wildman–Crippen MR) is 110 cm³/mol. The van der Waals surface area contributed by atoms with E-state index in [1.807, 2.05) is 19.2 Å². The number of carbonyl (C=O) groups excluding carboxylic acids is 2. The third-order valence-electron chi connectivity index (χ3n) is 3.98. The number of H-pyrrole nitrogens is 1. The lowest BCUT2D eigenvalue weighted by Crippen LogP contribution is -2.46. The van der Waals surface area contributed by atoms with Gasteiger partial charge in [0.25, 0.3) is 5.91 Å². The Labute approximate surface area is 175 Å². The zero-order chi connectivity index (χ0) is 22.5. The molecule has 0 aliphatic rings. The average molecular weight is 430 g/mol. The van der Waals surface area contributed by atoms with Crippen LogP contribution in [-0.2, 0) is 4.79 Å². The first-order chi connectivity index (χ1) is 14.0. The average Bonchev–Trinajstić information content (AvgIpc) is 3.13. The van der Waals surface area contributed by atoms with Gasteiger partial charge < -0.3 is 20.9 Å². The summed E-state index contributed by atoms with van der Waals surface area (Å²) in [5.74, 6) is -0.785. The predicted octanol–water partition coefficient (Wildman–Crippen LogP) is 3.22. The summed E-state index contributed by atoms with van der Waals surface area (Å²) in [7, 11) is 0. The van der Waals surface area contributed by atoms with E-state index in [-0.39, 0.29) is 32.4 Å². The molecule has 0 saturated carbocycles. The monoisotopic (exact) mass is 430 g/mol. The molecule has 0 fully saturated rings. The largest absolute Gasteiger partial charge is 0.405 e. The number of carbonyl (C=O) groups is 2. The van der Waals surface area contributed by atoms with Crippen molar-refractivity contribution >= 4 is 17.6 Å². The van der Waals surface area contributed by atoms with Gasteiger partial charge in [-0.15, -0.1) is 0 Å². The van der Waals surface area contributed by atoms with Gasteiger partial charge in [-0.2, -0.15) is 13.2 Å². The van der Waals surface area contributed by atoms with Gasteiger partial charge in [0.1, 0.15) is 24.1 Å². The van der Waals surface area contributed by atoms with Crippen LogP contribution in [0.4, 0.5) is 19.0 Å². The van der Waals surface area contributed by atoms with Crippen LogP contribution in [0.15, 0.2) is 24.5 Å². The number of anilines is 1. The van der Waals surface area contributed by atoms with Crippen molar-refractivity contribution in [3.05, 3.63) is 30.2 Å². The number of rotatable bonds is 8. The van der Waals surface area contributed by atoms with Crippen molar-refractivity contribution in [2.45, 2.75) is 46.0 Å². The molecular formula is C19H29F3N6O2. The fourth-order valence-electron chi connectivity index (χ4n) is 2.56. The second kappa shape index (κ2) is 9.59. The topological polar surface area (TPSA) is 112 Å². The minimum absolute atomic E-state index is 0. The molecule has 2 rings (SSSR count). The summed E-state index contributed by atoms with van der Waals surface area (Å²) in [4.78, 5) is 35.6. The van der Waals surface area contributed by atoms with Crippen molar-refractivity contribution in [3.63, 3.8) is 0 Å². The maximum atomic E-state index is 12.4. The first-order valence-electron chi connectivity index (χ1n) is 9.40. The van der Waals surface area contributed by atoms with Gasteiger partial charge in [-0.25, -0.2) is 9.97 Å². The van der Waals surface area contributed by atoms with Crippen LogP contribution < -0.4 is 16.0 Å². The van der Waals surface area contributed by atoms with Gasteiger partial charge in [0.05, 0.1) is 0 Å². The van der Waals surface area contributed by atoms with E-state index in [9.17, 15) is 22.8 Å². The number of hydrogen-bond acceptors (Lipinski definition) is 5. The summed E-state index contributed by atoms with van der Waals surface area (Å²) < 4.78 is 37.2. The molecule has 2 heterocycles. The first kappa shape index (κ1) is 23.2. The quantitative estimate of drug-likeness (QED) is 0.514. The van der Waals surface area contributed by atoms with Crippen molar-refractivity contribution in [1.29, 1.82) is 0 Å². The summed E-state index contributed by atoms with van der Waals surface area (Å²) in [6, 6.07) is 2.15. The molecule has 1 atom stereocenters. The molecule has 4 N–H and O–H groups in total. The highest BCUT2D eigenvalue weighted by Crippen LogP contribution is 2.19. The second-order valence-electron chi connectivity index (χ2n) is 7.39. The Balaban J connectivity index is 0.00000480. The Morgan fingerprint density at radius 2 is 1.93 bits per heavy atom. The molecule has 0 unspecified atom stereocenters. The van der Waals surface area contributed by atoms with Crippen LogP contribution >= 0.6 is 0 Å². The number of aromatic amines is 1. The van der Waals surface area contributed by atoms with E-state index in [0.717, 1.165) is 0 Å². The van der Waals surface area contributed by atoms with Crippen LogP contribution in [0.3, 0.4) is 0 Å². The fourth-order valence-corrected chi connectivity index (χ4v) is 2.56. The van der Waals surface area contributed by atoms with Crippen LogP contribution in [-0.4, -0.2) is 51.6 Å². The van der Waals surface area contributed by atoms with Crippen molar-refractivity contribution in [2.75, 3.05) is 11.9 Å². The Morgan fingerprint density at radius 3 is 2.53 bits per heavy atom. The summed E-state index contributed by atoms with van der Waals surface area (Å²) >= 11 is 0. The SMILES string of the molecule is CC(C)NC(=O)c1cc(-c2nccc(N[C@@H](C(=O)NCC(F)(F)F)C(C)C)n2)c[nH]1.[HH].[HH]. The van der Waals surface area contributed by atoms with Crippen LogP contribution in [0.25, 0.3) is 11.4 Å². The highest BCUT2D eigenvalue weighted by atomic mass is 19.4. The third-order valence-corrected chi connectivity index (χ3v) is 3.98. The number of aromatic nitrogens is 3. The van der Waals surface area contributed by atoms with Crippen molar-refractivity contribution in [3.8, 4) is 11.4 Å². The standard InChI is InChI=1S/C19H25F3N6O2.2H2/c1-10(2)15(18(30)25-9-19(20,21)22)27-14-5-6-23-16(28-14)12-7-13(24-8-12)17(29)26-11(3)4;;/h5-8,10-11,15,24H,9H2,1-4H3,(H,25,30)(H,26,29)(H,23,27,28);2*1H/t15-;;/m1../s1. The highest BCUT2D eigenvalue weighted by molar-refractivity contribution is 5.93. The van der Waals surface area contributed by atoms with E-state index in [1.165, 1.54) is 12.3 Å². The summed E-state index contributed by atoms with van der Waals surface area (Å²) in [6.45, 7) is 5.69. The number of hydrogen-bond donors (Lipinski definition) is 4. The number of amides is 2. The molecule has 0 aromatic carbocycles. The number of nitrogens with one attached hydrogen (secondary N) is 4. The maximum absolute atomic E-state index is 12.4. The molecule has 0 saturated heterocycles. The van der Waals surface area contributed by atoms with E-state index in [1.54, 1.807) is 26.1 Å². The number of alkyl halides is 3. The van der Waals surface area contributed by atoms with E-state index >= 15 is 0 Å². The molecule has 2 aromatic rings. The molecule has 8 nitrogen and oxygen atoms in total. The molecule has 2 amide bonds. The molecule has 0 radical (unpaired) electrons. The molecule has 0 bridgehead atoms. The highest BCUT2D eigenvalue weighted by Gasteiger charge is 2.30. The molecule has 0 aliphatic heterocycles. The van der Waals surface area contributed by atoms with Crippen LogP contribution in [0, 0.1) is 5.92 Å². The van der Waals surface area contributed by atoms with Gasteiger partial charge in [-0.1, -0.05) is 13.8 Å². The van der Waals surface area contributed by atoms with Gasteiger partial charge in [0.15, 0.2) is 5.82 Å². The lowest BCUT2D eigenvalue weighted by molar-refractivity contribution is -0.139. The van der Waals surface area contributed by atoms with Crippen molar-refractivity contribution < 1.29 is 25.6 Å². The van der Waals surface area contributed by atoms with Crippen LogP contribution in [0.1, 0.15) is 41.0 Å². The lowest BCUT2D eigenvalue weighted by Gasteiger charge is -2.22. The molecular weight excluding hydrogens is 401 g/mol. The van der Waals surface area contributed by atoms with Crippen molar-refractivity contribution in [2.24, 2.45) is 5.92 Å². The normalized spacial score (nSPS) is 12.7. The third kappa shape index (κ3) is 6.75. The lowest BCUT2D eigenvalue weighted by atomic mass is 10.0. The van der Waals surface area contributed by atoms with E-state index in [4.69, 9.17) is 0 Å². The van der Waals surface area contributed by atoms with Crippen LogP contribution in [0.2, 0.25) is 0 Å². The Kier molecular flexibility index (Phi) is 7.41. The van der Waals surface area contributed by atoms with E-state index in [0.29, 0.717) is 11.3 Å². The number of halogens is 3. The Morgan fingerprint density at radius 1 is 1.23 bits per heavy atom. The minimum Gasteiger partial charge on any atom is -0.358 e. The van der Waals surface area contributed by atoms with Crippen LogP contribution in [0.5, 0.6) is 0 Å². The molecule has 2 aromatic heterocycles. The maximum Gasteiger partial charge on any atom is 0.405 e. The Bertz CT molecular complexity index is 890. The van der Waals surface area contributed by atoms with Gasteiger partial charge in [-0.3, -0.25) is 9.59 Å². The first-order valence-corrected chi connectivity index (χ1v) is 9.40. The second-order valence-corrected chi connectivity index (χ2v) is 7.39. The molecule has 0 aliphatic carbocycles. The van der Waals surface area contributed by atoms with E-state index < -0.39 is 24.7 Å². The summed E-state index contributed by atoms with van der Waals surface area (Å²) in [5, 5.41) is 7.50. The smallest absolute Gasteiger partial charge is 0.358 e. The number of nitrogens with zero attached hydrogens (tertiary/aromatic N) is 2. The van der Waals surface area contributed by atoms with Gasteiger partial charge in [-0.05, 0) is 31.9 Å². The zero-order valence-electron chi connectivity index (χ0n) is 17.1. The van der Waals surface area contributed by atoms with Gasteiger partial charge in [0, 0.05) is 26.9 Å². The van der Waals surface area contributed by atoms with Crippen molar-refractivity contribution in [1.82, 2.24) is 25.6 Å². The van der Waals surface area contributed by atoms with Gasteiger partial charge >= 0.3 is 6.18 Å². The fraction of sp³-hybridized carbons (Fsp3) is 0.474. The molecule has 168 valence electrons. The molecule has 11 heteroatoms. The minimum atomic E-state index is -4.49. The van der Waals surface area contributed by atoms with E-state index in [2.05, 4.69) is 25.6 Å². The summed E-state index contributed by atoms with van der Waals surface area (Å²) in [6.07, 6.45) is -1.46. The Hall–Kier alpha value is -3.11. The van der Waals surface area contributed by atoms with Gasteiger partial charge in [0.2, 0.25) is 5.91 Å². The molecule has 30 heavy (non-hydrogen) atoms. The summed E-state index contributed by atoms with van der Waals surface area (Å²) in [5.41, 5.74) is 0.891.